The molecule has 7 nitrogen and oxygen atoms in total. The Bertz CT molecular complexity index is 1090. The predicted octanol–water partition coefficient (Wildman–Crippen LogP) is 4.67. The number of pyridine rings is 1. The number of hydrogen-bond donors (Lipinski definition) is 2. The molecule has 150 valence electrons. The number of rotatable bonds is 6. The van der Waals surface area contributed by atoms with E-state index >= 15 is 0 Å². The van der Waals surface area contributed by atoms with Gasteiger partial charge >= 0.3 is 5.97 Å². The zero-order valence-electron chi connectivity index (χ0n) is 14.8. The first kappa shape index (κ1) is 19.9. The molecule has 1 fully saturated rings. The molecule has 3 aromatic heterocycles. The fourth-order valence-corrected chi connectivity index (χ4v) is 4.56. The Kier molecular flexibility index (Phi) is 5.37. The molecule has 1 saturated carbocycles. The molecule has 11 heteroatoms. The van der Waals surface area contributed by atoms with Crippen molar-refractivity contribution in [3.05, 3.63) is 51.0 Å². The van der Waals surface area contributed by atoms with Crippen molar-refractivity contribution in [3.8, 4) is 10.7 Å². The van der Waals surface area contributed by atoms with Crippen LogP contribution in [0.4, 0.5) is 10.2 Å². The van der Waals surface area contributed by atoms with Gasteiger partial charge in [-0.1, -0.05) is 41.0 Å². The molecule has 0 unspecified atom stereocenters. The van der Waals surface area contributed by atoms with Crippen LogP contribution in [0.5, 0.6) is 0 Å². The second kappa shape index (κ2) is 7.81. The quantitative estimate of drug-likeness (QED) is 0.558. The van der Waals surface area contributed by atoms with Gasteiger partial charge in [-0.3, -0.25) is 4.98 Å². The highest BCUT2D eigenvalue weighted by molar-refractivity contribution is 7.19. The van der Waals surface area contributed by atoms with Crippen LogP contribution in [0.15, 0.2) is 24.4 Å². The van der Waals surface area contributed by atoms with Crippen molar-refractivity contribution in [3.63, 3.8) is 0 Å². The normalized spacial score (nSPS) is 15.0. The molecule has 1 aliphatic rings. The Labute approximate surface area is 178 Å². The minimum absolute atomic E-state index is 0.0527. The Morgan fingerprint density at radius 1 is 1.34 bits per heavy atom. The Balaban J connectivity index is 1.54. The van der Waals surface area contributed by atoms with Gasteiger partial charge in [0.25, 0.3) is 0 Å². The lowest BCUT2D eigenvalue weighted by molar-refractivity contribution is 0.0691. The number of hydrogen-bond acceptors (Lipinski definition) is 7. The van der Waals surface area contributed by atoms with Gasteiger partial charge in [-0.25, -0.2) is 14.2 Å². The minimum Gasteiger partial charge on any atom is -0.476 e. The van der Waals surface area contributed by atoms with E-state index in [1.807, 2.05) is 0 Å². The average Bonchev–Trinajstić information content (AvgIpc) is 3.05. The lowest BCUT2D eigenvalue weighted by Gasteiger charge is -2.41. The van der Waals surface area contributed by atoms with Gasteiger partial charge in [-0.15, -0.1) is 10.2 Å². The summed E-state index contributed by atoms with van der Waals surface area (Å²) >= 11 is 13.2. The molecular formula is C18H14Cl2FN5O2S. The van der Waals surface area contributed by atoms with Crippen LogP contribution in [0.25, 0.3) is 10.7 Å². The number of carboxylic acid groups (broad SMARTS) is 1. The maximum atomic E-state index is 14.2. The molecule has 0 amide bonds. The van der Waals surface area contributed by atoms with E-state index in [0.29, 0.717) is 28.8 Å². The Hall–Kier alpha value is -2.36. The third-order valence-electron chi connectivity index (χ3n) is 4.92. The lowest BCUT2D eigenvalue weighted by Crippen LogP contribution is -2.42. The SMILES string of the molecule is O=C(O)c1nc(-c2cc(Cl)c(NCC3(c4ncccc4F)CCC3)nn2)sc1Cl. The first-order chi connectivity index (χ1) is 13.9. The number of halogens is 3. The monoisotopic (exact) mass is 453 g/mol. The number of carboxylic acids is 1. The van der Waals surface area contributed by atoms with Crippen molar-refractivity contribution in [2.24, 2.45) is 0 Å². The van der Waals surface area contributed by atoms with E-state index in [0.717, 1.165) is 30.6 Å². The van der Waals surface area contributed by atoms with Crippen LogP contribution in [-0.2, 0) is 5.41 Å². The first-order valence-corrected chi connectivity index (χ1v) is 10.2. The molecular weight excluding hydrogens is 440 g/mol. The Morgan fingerprint density at radius 3 is 2.72 bits per heavy atom. The van der Waals surface area contributed by atoms with Crippen LogP contribution < -0.4 is 5.32 Å². The van der Waals surface area contributed by atoms with Crippen LogP contribution in [0, 0.1) is 5.82 Å². The van der Waals surface area contributed by atoms with Crippen molar-refractivity contribution in [1.82, 2.24) is 20.2 Å². The summed E-state index contributed by atoms with van der Waals surface area (Å²) in [5.74, 6) is -1.20. The second-order valence-corrected chi connectivity index (χ2v) is 8.70. The van der Waals surface area contributed by atoms with E-state index in [2.05, 4.69) is 25.5 Å². The third kappa shape index (κ3) is 3.77. The number of nitrogens with zero attached hydrogens (tertiary/aromatic N) is 4. The fourth-order valence-electron chi connectivity index (χ4n) is 3.27. The maximum Gasteiger partial charge on any atom is 0.356 e. The fraction of sp³-hybridized carbons (Fsp3) is 0.278. The highest BCUT2D eigenvalue weighted by atomic mass is 35.5. The second-order valence-electron chi connectivity index (χ2n) is 6.69. The molecule has 0 atom stereocenters. The highest BCUT2D eigenvalue weighted by Gasteiger charge is 2.42. The van der Waals surface area contributed by atoms with E-state index < -0.39 is 11.4 Å². The molecule has 1 aliphatic carbocycles. The molecule has 29 heavy (non-hydrogen) atoms. The van der Waals surface area contributed by atoms with E-state index in [4.69, 9.17) is 28.3 Å². The van der Waals surface area contributed by atoms with Crippen LogP contribution in [0.2, 0.25) is 9.36 Å². The van der Waals surface area contributed by atoms with Crippen molar-refractivity contribution in [2.75, 3.05) is 11.9 Å². The van der Waals surface area contributed by atoms with Crippen molar-refractivity contribution in [1.29, 1.82) is 0 Å². The number of aromatic nitrogens is 4. The average molecular weight is 454 g/mol. The standard InChI is InChI=1S/C18H14Cl2FN5O2S/c19-9-7-11(16-24-12(17(27)28)14(20)29-16)25-26-15(9)23-8-18(4-2-5-18)13-10(21)3-1-6-22-13/h1,3,6-7H,2,4-5,8H2,(H,23,26)(H,27,28). The summed E-state index contributed by atoms with van der Waals surface area (Å²) in [4.78, 5) is 19.3. The number of thiazole rings is 1. The molecule has 0 radical (unpaired) electrons. The van der Waals surface area contributed by atoms with E-state index in [1.165, 1.54) is 12.1 Å². The van der Waals surface area contributed by atoms with Gasteiger partial charge in [0.2, 0.25) is 0 Å². The highest BCUT2D eigenvalue weighted by Crippen LogP contribution is 2.44. The maximum absolute atomic E-state index is 14.2. The van der Waals surface area contributed by atoms with Crippen LogP contribution in [0.3, 0.4) is 0 Å². The van der Waals surface area contributed by atoms with E-state index in [-0.39, 0.29) is 20.9 Å². The van der Waals surface area contributed by atoms with E-state index in [9.17, 15) is 9.18 Å². The third-order valence-corrected chi connectivity index (χ3v) is 6.49. The Morgan fingerprint density at radius 2 is 2.14 bits per heavy atom. The topological polar surface area (TPSA) is 101 Å². The molecule has 4 rings (SSSR count). The van der Waals surface area contributed by atoms with Gasteiger partial charge in [-0.2, -0.15) is 0 Å². The number of anilines is 1. The largest absolute Gasteiger partial charge is 0.476 e. The van der Waals surface area contributed by atoms with Gasteiger partial charge in [-0.05, 0) is 31.0 Å². The van der Waals surface area contributed by atoms with Crippen molar-refractivity contribution in [2.45, 2.75) is 24.7 Å². The summed E-state index contributed by atoms with van der Waals surface area (Å²) in [6, 6.07) is 4.52. The zero-order valence-corrected chi connectivity index (χ0v) is 17.2. The molecule has 3 heterocycles. The molecule has 0 saturated heterocycles. The summed E-state index contributed by atoms with van der Waals surface area (Å²) in [5, 5.41) is 21.0. The summed E-state index contributed by atoms with van der Waals surface area (Å²) in [6.45, 7) is 0.418. The van der Waals surface area contributed by atoms with Crippen molar-refractivity contribution >= 4 is 46.3 Å². The predicted molar refractivity (Wildman–Crippen MR) is 108 cm³/mol. The lowest BCUT2D eigenvalue weighted by atomic mass is 9.66. The molecule has 3 aromatic rings. The van der Waals surface area contributed by atoms with Crippen molar-refractivity contribution < 1.29 is 14.3 Å². The first-order valence-electron chi connectivity index (χ1n) is 8.68. The van der Waals surface area contributed by atoms with E-state index in [1.54, 1.807) is 12.3 Å². The summed E-state index contributed by atoms with van der Waals surface area (Å²) in [7, 11) is 0. The summed E-state index contributed by atoms with van der Waals surface area (Å²) in [6.07, 6.45) is 4.21. The number of nitrogens with one attached hydrogen (secondary N) is 1. The molecule has 0 bridgehead atoms. The number of aromatic carboxylic acids is 1. The summed E-state index contributed by atoms with van der Waals surface area (Å²) in [5.41, 5.74) is 0.108. The van der Waals surface area contributed by atoms with Gasteiger partial charge in [0.05, 0.1) is 10.7 Å². The van der Waals surface area contributed by atoms with Crippen LogP contribution in [0.1, 0.15) is 35.4 Å². The van der Waals surface area contributed by atoms with Crippen LogP contribution >= 0.6 is 34.5 Å². The molecule has 2 N–H and O–H groups in total. The smallest absolute Gasteiger partial charge is 0.356 e. The molecule has 0 aliphatic heterocycles. The van der Waals surface area contributed by atoms with Gasteiger partial charge < -0.3 is 10.4 Å². The number of carbonyl (C=O) groups is 1. The van der Waals surface area contributed by atoms with Gasteiger partial charge in [0.1, 0.15) is 20.9 Å². The van der Waals surface area contributed by atoms with Gasteiger partial charge in [0, 0.05) is 18.2 Å². The minimum atomic E-state index is -1.22. The molecule has 0 spiro atoms. The molecule has 0 aromatic carbocycles. The van der Waals surface area contributed by atoms with Crippen LogP contribution in [-0.4, -0.2) is 37.8 Å². The zero-order chi connectivity index (χ0) is 20.6. The van der Waals surface area contributed by atoms with Gasteiger partial charge in [0.15, 0.2) is 11.5 Å². The summed E-state index contributed by atoms with van der Waals surface area (Å²) < 4.78 is 14.3.